The van der Waals surface area contributed by atoms with Gasteiger partial charge in [0.05, 0.1) is 20.6 Å². The molecule has 0 heterocycles. The van der Waals surface area contributed by atoms with Crippen molar-refractivity contribution in [1.29, 1.82) is 0 Å². The first-order valence-corrected chi connectivity index (χ1v) is 11.2. The molecule has 24 heavy (non-hydrogen) atoms. The molecule has 148 valence electrons. The lowest BCUT2D eigenvalue weighted by Crippen LogP contribution is -3.00. The summed E-state index contributed by atoms with van der Waals surface area (Å²) >= 11 is 0. The summed E-state index contributed by atoms with van der Waals surface area (Å²) in [6, 6.07) is 0. The van der Waals surface area contributed by atoms with Crippen LogP contribution in [0.5, 0.6) is 0 Å². The van der Waals surface area contributed by atoms with Gasteiger partial charge in [0, 0.05) is 27.8 Å². The minimum Gasteiger partial charge on any atom is -1.00 e. The van der Waals surface area contributed by atoms with Gasteiger partial charge in [-0.3, -0.25) is 0 Å². The second-order valence-corrected chi connectivity index (χ2v) is 10.2. The molecular formula is C18H42BrNO3Si. The van der Waals surface area contributed by atoms with Crippen molar-refractivity contribution in [2.45, 2.75) is 77.3 Å². The standard InChI is InChI=1S/C18H42NO3Si.BrH/c1-8-10-11-12-13-14-15-16-17-19(3,4)18(9-2)23(20-5,21-6)22-7;/h18H,8-17H2,1-7H3;1H/q+1;/p-1. The van der Waals surface area contributed by atoms with E-state index in [1.807, 2.05) is 0 Å². The zero-order valence-electron chi connectivity index (χ0n) is 17.2. The third-order valence-electron chi connectivity index (χ3n) is 5.08. The molecule has 0 bridgehead atoms. The molecule has 0 amide bonds. The number of unbranched alkanes of at least 4 members (excludes halogenated alkanes) is 7. The van der Waals surface area contributed by atoms with Gasteiger partial charge >= 0.3 is 8.80 Å². The average molecular weight is 429 g/mol. The minimum absolute atomic E-state index is 0. The molecule has 0 fully saturated rings. The molecular weight excluding hydrogens is 386 g/mol. The van der Waals surface area contributed by atoms with E-state index >= 15 is 0 Å². The van der Waals surface area contributed by atoms with Crippen molar-refractivity contribution in [2.75, 3.05) is 42.0 Å². The highest BCUT2D eigenvalue weighted by molar-refractivity contribution is 6.62. The Kier molecular flexibility index (Phi) is 16.4. The van der Waals surface area contributed by atoms with Crippen LogP contribution in [0, 0.1) is 0 Å². The second kappa shape index (κ2) is 14.7. The van der Waals surface area contributed by atoms with Crippen LogP contribution in [0.1, 0.15) is 71.6 Å². The van der Waals surface area contributed by atoms with Crippen LogP contribution < -0.4 is 17.0 Å². The first kappa shape index (κ1) is 26.8. The van der Waals surface area contributed by atoms with Crippen molar-refractivity contribution in [3.8, 4) is 0 Å². The smallest absolute Gasteiger partial charge is 0.561 e. The van der Waals surface area contributed by atoms with Crippen molar-refractivity contribution in [2.24, 2.45) is 0 Å². The molecule has 0 aliphatic heterocycles. The highest BCUT2D eigenvalue weighted by atomic mass is 79.9. The maximum Gasteiger partial charge on any atom is 0.561 e. The number of nitrogens with zero attached hydrogens (tertiary/aromatic N) is 1. The van der Waals surface area contributed by atoms with Gasteiger partial charge in [0.2, 0.25) is 0 Å². The van der Waals surface area contributed by atoms with E-state index in [0.29, 0.717) is 0 Å². The lowest BCUT2D eigenvalue weighted by Gasteiger charge is -2.43. The maximum atomic E-state index is 5.74. The van der Waals surface area contributed by atoms with Crippen LogP contribution >= 0.6 is 0 Å². The fourth-order valence-electron chi connectivity index (χ4n) is 3.64. The zero-order valence-corrected chi connectivity index (χ0v) is 19.8. The van der Waals surface area contributed by atoms with E-state index in [1.54, 1.807) is 21.3 Å². The lowest BCUT2D eigenvalue weighted by atomic mass is 10.1. The summed E-state index contributed by atoms with van der Waals surface area (Å²) < 4.78 is 18.1. The van der Waals surface area contributed by atoms with Gasteiger partial charge in [-0.1, -0.05) is 52.4 Å². The van der Waals surface area contributed by atoms with Crippen molar-refractivity contribution in [1.82, 2.24) is 0 Å². The molecule has 0 aliphatic carbocycles. The quantitative estimate of drug-likeness (QED) is 0.224. The Balaban J connectivity index is 0. The lowest BCUT2D eigenvalue weighted by molar-refractivity contribution is -0.906. The first-order chi connectivity index (χ1) is 10.9. The van der Waals surface area contributed by atoms with Crippen molar-refractivity contribution >= 4 is 8.80 Å². The van der Waals surface area contributed by atoms with Gasteiger partial charge in [0.1, 0.15) is 0 Å². The van der Waals surface area contributed by atoms with E-state index < -0.39 is 8.80 Å². The molecule has 0 aromatic rings. The van der Waals surface area contributed by atoms with Crippen LogP contribution in [-0.2, 0) is 13.3 Å². The monoisotopic (exact) mass is 427 g/mol. The molecule has 0 rings (SSSR count). The predicted molar refractivity (Wildman–Crippen MR) is 100 cm³/mol. The zero-order chi connectivity index (χ0) is 17.8. The fourth-order valence-corrected chi connectivity index (χ4v) is 6.44. The largest absolute Gasteiger partial charge is 1.00 e. The van der Waals surface area contributed by atoms with Gasteiger partial charge in [0.25, 0.3) is 0 Å². The van der Waals surface area contributed by atoms with Crippen LogP contribution in [0.4, 0.5) is 0 Å². The summed E-state index contributed by atoms with van der Waals surface area (Å²) in [5.41, 5.74) is 0.284. The number of hydrogen-bond acceptors (Lipinski definition) is 3. The summed E-state index contributed by atoms with van der Waals surface area (Å²) in [6.45, 7) is 5.63. The molecule has 0 aromatic heterocycles. The average Bonchev–Trinajstić information content (AvgIpc) is 2.55. The number of quaternary nitrogens is 1. The summed E-state index contributed by atoms with van der Waals surface area (Å²) in [4.78, 5) is 0. The second-order valence-electron chi connectivity index (χ2n) is 7.12. The van der Waals surface area contributed by atoms with Crippen LogP contribution in [0.3, 0.4) is 0 Å². The number of hydrogen-bond donors (Lipinski definition) is 0. The number of halogens is 1. The van der Waals surface area contributed by atoms with Crippen LogP contribution in [0.15, 0.2) is 0 Å². The molecule has 0 saturated carbocycles. The highest BCUT2D eigenvalue weighted by Gasteiger charge is 2.55. The topological polar surface area (TPSA) is 27.7 Å². The molecule has 4 nitrogen and oxygen atoms in total. The van der Waals surface area contributed by atoms with Crippen LogP contribution in [0.2, 0.25) is 0 Å². The molecule has 1 atom stereocenters. The maximum absolute atomic E-state index is 5.74. The first-order valence-electron chi connectivity index (χ1n) is 9.42. The summed E-state index contributed by atoms with van der Waals surface area (Å²) in [5, 5.41) is 0. The Morgan fingerprint density at radius 3 is 1.54 bits per heavy atom. The van der Waals surface area contributed by atoms with Gasteiger partial charge in [-0.15, -0.1) is 0 Å². The third-order valence-corrected chi connectivity index (χ3v) is 8.71. The van der Waals surface area contributed by atoms with Crippen molar-refractivity contribution in [3.63, 3.8) is 0 Å². The molecule has 0 N–H and O–H groups in total. The van der Waals surface area contributed by atoms with Crippen molar-refractivity contribution < 1.29 is 34.7 Å². The molecule has 1 unspecified atom stereocenters. The Morgan fingerprint density at radius 1 is 0.750 bits per heavy atom. The normalized spacial score (nSPS) is 13.6. The molecule has 6 heteroatoms. The van der Waals surface area contributed by atoms with E-state index in [9.17, 15) is 0 Å². The Bertz CT molecular complexity index is 281. The highest BCUT2D eigenvalue weighted by Crippen LogP contribution is 2.25. The van der Waals surface area contributed by atoms with Gasteiger partial charge in [-0.05, 0) is 12.8 Å². The predicted octanol–water partition coefficient (Wildman–Crippen LogP) is 1.40. The van der Waals surface area contributed by atoms with Gasteiger partial charge in [-0.2, -0.15) is 0 Å². The molecule has 0 spiro atoms. The Labute approximate surface area is 163 Å². The minimum atomic E-state index is -2.60. The van der Waals surface area contributed by atoms with Crippen LogP contribution in [0.25, 0.3) is 0 Å². The van der Waals surface area contributed by atoms with Gasteiger partial charge in [-0.25, -0.2) is 0 Å². The number of rotatable bonds is 15. The van der Waals surface area contributed by atoms with E-state index in [1.165, 1.54) is 51.4 Å². The fraction of sp³-hybridized carbons (Fsp3) is 1.00. The molecule has 0 radical (unpaired) electrons. The van der Waals surface area contributed by atoms with E-state index in [4.69, 9.17) is 13.3 Å². The molecule has 0 saturated heterocycles. The summed E-state index contributed by atoms with van der Waals surface area (Å²) in [5.74, 6) is 0. The van der Waals surface area contributed by atoms with E-state index in [2.05, 4.69) is 27.9 Å². The SMILES string of the molecule is CCCCCCCCCC[N+](C)(C)C(CC)[Si](OC)(OC)OC.[Br-]. The molecule has 0 aromatic carbocycles. The Hall–Kier alpha value is 0.537. The van der Waals surface area contributed by atoms with E-state index in [-0.39, 0.29) is 22.6 Å². The summed E-state index contributed by atoms with van der Waals surface area (Å²) in [7, 11) is 7.13. The third kappa shape index (κ3) is 8.76. The molecule has 0 aliphatic rings. The Morgan fingerprint density at radius 2 is 1.17 bits per heavy atom. The van der Waals surface area contributed by atoms with Crippen LogP contribution in [-0.4, -0.2) is 60.9 Å². The van der Waals surface area contributed by atoms with E-state index in [0.717, 1.165) is 17.4 Å². The van der Waals surface area contributed by atoms with Crippen molar-refractivity contribution in [3.05, 3.63) is 0 Å². The summed E-state index contributed by atoms with van der Waals surface area (Å²) in [6.07, 6.45) is 11.9. The van der Waals surface area contributed by atoms with Gasteiger partial charge < -0.3 is 34.7 Å². The van der Waals surface area contributed by atoms with Gasteiger partial charge in [0.15, 0.2) is 5.67 Å².